The maximum atomic E-state index is 12.1. The average Bonchev–Trinajstić information content (AvgIpc) is 2.58. The molecule has 9 heteroatoms. The molecule has 0 aliphatic carbocycles. The molecule has 25 heavy (non-hydrogen) atoms. The highest BCUT2D eigenvalue weighted by Crippen LogP contribution is 2.34. The lowest BCUT2D eigenvalue weighted by molar-refractivity contribution is -0.149. The lowest BCUT2D eigenvalue weighted by Gasteiger charge is -2.29. The molecule has 0 saturated heterocycles. The predicted molar refractivity (Wildman–Crippen MR) is 88.8 cm³/mol. The van der Waals surface area contributed by atoms with Crippen molar-refractivity contribution in [3.8, 4) is 5.75 Å². The summed E-state index contributed by atoms with van der Waals surface area (Å²) in [7, 11) is -1.12. The van der Waals surface area contributed by atoms with Crippen LogP contribution in [0.3, 0.4) is 0 Å². The number of hydrogen-bond donors (Lipinski definition) is 3. The fourth-order valence-electron chi connectivity index (χ4n) is 2.49. The number of fused-ring (bicyclic) bond motifs is 1. The van der Waals surface area contributed by atoms with Crippen LogP contribution < -0.4 is 9.97 Å². The lowest BCUT2D eigenvalue weighted by atomic mass is 9.66. The number of para-hydroxylation sites is 1. The van der Waals surface area contributed by atoms with Crippen LogP contribution in [0, 0.1) is 0 Å². The van der Waals surface area contributed by atoms with Gasteiger partial charge in [0.05, 0.1) is 0 Å². The minimum Gasteiger partial charge on any atom is -0.535 e. The molecule has 3 N–H and O–H groups in total. The SMILES string of the molecule is CCC(O)NC[C@H]1Cc2cccc(C(=O)OCOC(C)=O)c2OB1O. The van der Waals surface area contributed by atoms with E-state index >= 15 is 0 Å². The number of aliphatic hydroxyl groups excluding tert-OH is 1. The second-order valence-electron chi connectivity index (χ2n) is 5.78. The van der Waals surface area contributed by atoms with E-state index in [1.165, 1.54) is 13.0 Å². The van der Waals surface area contributed by atoms with E-state index in [9.17, 15) is 19.7 Å². The Morgan fingerprint density at radius 2 is 2.20 bits per heavy atom. The summed E-state index contributed by atoms with van der Waals surface area (Å²) in [6.45, 7) is 2.94. The minimum atomic E-state index is -1.12. The van der Waals surface area contributed by atoms with Crippen molar-refractivity contribution in [2.45, 2.75) is 38.7 Å². The molecular formula is C16H22BNO7. The van der Waals surface area contributed by atoms with Crippen molar-refractivity contribution in [3.63, 3.8) is 0 Å². The first-order valence-corrected chi connectivity index (χ1v) is 8.11. The van der Waals surface area contributed by atoms with Crippen molar-refractivity contribution in [2.75, 3.05) is 13.3 Å². The Balaban J connectivity index is 2.06. The summed E-state index contributed by atoms with van der Waals surface area (Å²) in [4.78, 5) is 22.8. The fourth-order valence-corrected chi connectivity index (χ4v) is 2.49. The van der Waals surface area contributed by atoms with Gasteiger partial charge in [0, 0.05) is 19.3 Å². The van der Waals surface area contributed by atoms with E-state index in [4.69, 9.17) is 9.39 Å². The number of ether oxygens (including phenoxy) is 2. The molecule has 1 aromatic rings. The quantitative estimate of drug-likeness (QED) is 0.369. The number of carbonyl (C=O) groups is 2. The van der Waals surface area contributed by atoms with Gasteiger partial charge in [-0.15, -0.1) is 0 Å². The van der Waals surface area contributed by atoms with Gasteiger partial charge in [-0.1, -0.05) is 19.1 Å². The van der Waals surface area contributed by atoms with E-state index < -0.39 is 32.1 Å². The summed E-state index contributed by atoms with van der Waals surface area (Å²) in [5, 5.41) is 22.7. The normalized spacial score (nSPS) is 17.3. The predicted octanol–water partition coefficient (Wildman–Crippen LogP) is 0.468. The highest BCUT2D eigenvalue weighted by Gasteiger charge is 2.36. The van der Waals surface area contributed by atoms with Crippen molar-refractivity contribution in [1.29, 1.82) is 0 Å². The molecule has 1 unspecified atom stereocenters. The molecule has 1 aliphatic heterocycles. The molecule has 136 valence electrons. The van der Waals surface area contributed by atoms with Gasteiger partial charge in [0.2, 0.25) is 6.79 Å². The van der Waals surface area contributed by atoms with Gasteiger partial charge < -0.3 is 24.3 Å². The molecule has 8 nitrogen and oxygen atoms in total. The smallest absolute Gasteiger partial charge is 0.527 e. The summed E-state index contributed by atoms with van der Waals surface area (Å²) in [6.07, 6.45) is 0.389. The average molecular weight is 351 g/mol. The van der Waals surface area contributed by atoms with E-state index in [-0.39, 0.29) is 17.1 Å². The van der Waals surface area contributed by atoms with Crippen LogP contribution in [0.5, 0.6) is 5.75 Å². The van der Waals surface area contributed by atoms with Crippen LogP contribution in [0.15, 0.2) is 18.2 Å². The van der Waals surface area contributed by atoms with E-state index in [0.717, 1.165) is 5.56 Å². The van der Waals surface area contributed by atoms with E-state index in [2.05, 4.69) is 10.1 Å². The minimum absolute atomic E-state index is 0.156. The third-order valence-corrected chi connectivity index (χ3v) is 3.90. The molecule has 1 heterocycles. The largest absolute Gasteiger partial charge is 0.535 e. The van der Waals surface area contributed by atoms with Crippen LogP contribution in [-0.2, 0) is 20.7 Å². The Hall–Kier alpha value is -2.10. The number of rotatable bonds is 7. The van der Waals surface area contributed by atoms with Crippen LogP contribution in [0.2, 0.25) is 5.82 Å². The van der Waals surface area contributed by atoms with Gasteiger partial charge in [0.15, 0.2) is 0 Å². The van der Waals surface area contributed by atoms with Gasteiger partial charge in [-0.25, -0.2) is 4.79 Å². The first-order chi connectivity index (χ1) is 11.9. The number of hydrogen-bond acceptors (Lipinski definition) is 8. The fraction of sp³-hybridized carbons (Fsp3) is 0.500. The standard InChI is InChI=1S/C16H22BNO7/c1-3-14(20)18-8-12-7-11-5-4-6-13(15(11)25-17(12)22)16(21)24-9-23-10(2)19/h4-6,12,14,18,20,22H,3,7-9H2,1-2H3/t12-,14?/m1/s1. The number of benzene rings is 1. The van der Waals surface area contributed by atoms with Crippen LogP contribution in [0.4, 0.5) is 0 Å². The van der Waals surface area contributed by atoms with Gasteiger partial charge in [0.1, 0.15) is 17.5 Å². The monoisotopic (exact) mass is 351 g/mol. The zero-order chi connectivity index (χ0) is 18.4. The number of aliphatic hydroxyl groups is 1. The molecule has 0 amide bonds. The highest BCUT2D eigenvalue weighted by molar-refractivity contribution is 6.46. The van der Waals surface area contributed by atoms with Gasteiger partial charge in [-0.3, -0.25) is 10.1 Å². The Morgan fingerprint density at radius 3 is 2.88 bits per heavy atom. The maximum Gasteiger partial charge on any atom is 0.527 e. The number of esters is 2. The molecule has 2 rings (SSSR count). The Bertz CT molecular complexity index is 625. The summed E-state index contributed by atoms with van der Waals surface area (Å²) in [5.41, 5.74) is 0.911. The van der Waals surface area contributed by atoms with Crippen molar-refractivity contribution >= 4 is 19.1 Å². The van der Waals surface area contributed by atoms with Gasteiger partial charge in [-0.05, 0) is 24.5 Å². The van der Waals surface area contributed by atoms with Crippen molar-refractivity contribution < 1.29 is 33.8 Å². The molecule has 0 spiro atoms. The lowest BCUT2D eigenvalue weighted by Crippen LogP contribution is -2.42. The Morgan fingerprint density at radius 1 is 1.44 bits per heavy atom. The Labute approximate surface area is 146 Å². The zero-order valence-corrected chi connectivity index (χ0v) is 14.2. The topological polar surface area (TPSA) is 114 Å². The molecule has 0 radical (unpaired) electrons. The molecule has 1 aliphatic rings. The number of nitrogens with one attached hydrogen (secondary N) is 1. The molecule has 1 aromatic carbocycles. The first-order valence-electron chi connectivity index (χ1n) is 8.11. The van der Waals surface area contributed by atoms with Gasteiger partial charge in [0.25, 0.3) is 0 Å². The maximum absolute atomic E-state index is 12.1. The first kappa shape index (κ1) is 19.2. The summed E-state index contributed by atoms with van der Waals surface area (Å²) >= 11 is 0. The second kappa shape index (κ2) is 8.84. The van der Waals surface area contributed by atoms with E-state index in [1.54, 1.807) is 12.1 Å². The Kier molecular flexibility index (Phi) is 6.80. The molecule has 0 saturated carbocycles. The highest BCUT2D eigenvalue weighted by atomic mass is 16.7. The zero-order valence-electron chi connectivity index (χ0n) is 14.2. The second-order valence-corrected chi connectivity index (χ2v) is 5.78. The molecule has 0 aromatic heterocycles. The van der Waals surface area contributed by atoms with Crippen LogP contribution in [0.1, 0.15) is 36.2 Å². The van der Waals surface area contributed by atoms with Crippen molar-refractivity contribution in [3.05, 3.63) is 29.3 Å². The number of carbonyl (C=O) groups excluding carboxylic acids is 2. The van der Waals surface area contributed by atoms with E-state index in [1.807, 2.05) is 6.92 Å². The van der Waals surface area contributed by atoms with Crippen molar-refractivity contribution in [1.82, 2.24) is 5.32 Å². The summed E-state index contributed by atoms with van der Waals surface area (Å²) in [5.74, 6) is -1.27. The van der Waals surface area contributed by atoms with Crippen LogP contribution in [0.25, 0.3) is 0 Å². The van der Waals surface area contributed by atoms with E-state index in [0.29, 0.717) is 19.4 Å². The van der Waals surface area contributed by atoms with Crippen molar-refractivity contribution in [2.24, 2.45) is 0 Å². The van der Waals surface area contributed by atoms with Crippen LogP contribution >= 0.6 is 0 Å². The summed E-state index contributed by atoms with van der Waals surface area (Å²) < 4.78 is 15.0. The molecule has 0 fully saturated rings. The third-order valence-electron chi connectivity index (χ3n) is 3.90. The molecule has 2 atom stereocenters. The van der Waals surface area contributed by atoms with Crippen LogP contribution in [-0.4, -0.2) is 48.8 Å². The molecule has 0 bridgehead atoms. The van der Waals surface area contributed by atoms with Gasteiger partial charge in [-0.2, -0.15) is 0 Å². The third kappa shape index (κ3) is 5.19. The summed E-state index contributed by atoms with van der Waals surface area (Å²) in [6, 6.07) is 5.00. The van der Waals surface area contributed by atoms with Gasteiger partial charge >= 0.3 is 19.1 Å². The molecular weight excluding hydrogens is 329 g/mol.